The Hall–Kier alpha value is -1.49. The summed E-state index contributed by atoms with van der Waals surface area (Å²) >= 11 is 1.46. The van der Waals surface area contributed by atoms with Crippen LogP contribution in [0.4, 0.5) is 0 Å². The summed E-state index contributed by atoms with van der Waals surface area (Å²) < 4.78 is 0. The molecule has 2 N–H and O–H groups in total. The predicted molar refractivity (Wildman–Crippen MR) is 76.2 cm³/mol. The zero-order valence-corrected chi connectivity index (χ0v) is 12.0. The molecule has 1 rings (SSSR count). The number of benzene rings is 1. The van der Waals surface area contributed by atoms with Crippen LogP contribution >= 0.6 is 11.8 Å². The minimum absolute atomic E-state index is 0.0740. The van der Waals surface area contributed by atoms with Crippen molar-refractivity contribution in [1.82, 2.24) is 5.32 Å². The molecule has 0 aliphatic rings. The second-order valence-electron chi connectivity index (χ2n) is 4.89. The normalized spacial score (nSPS) is 11.1. The Morgan fingerprint density at radius 1 is 1.26 bits per heavy atom. The third-order valence-corrected chi connectivity index (χ3v) is 3.78. The van der Waals surface area contributed by atoms with Gasteiger partial charge in [0.15, 0.2) is 0 Å². The first-order valence-electron chi connectivity index (χ1n) is 6.10. The molecule has 5 heteroatoms. The Kier molecular flexibility index (Phi) is 5.89. The largest absolute Gasteiger partial charge is 0.481 e. The topological polar surface area (TPSA) is 66.4 Å². The first-order valence-corrected chi connectivity index (χ1v) is 7.08. The highest BCUT2D eigenvalue weighted by Crippen LogP contribution is 2.19. The molecule has 0 heterocycles. The van der Waals surface area contributed by atoms with E-state index in [-0.39, 0.29) is 5.91 Å². The molecule has 1 amide bonds. The van der Waals surface area contributed by atoms with Gasteiger partial charge in [-0.05, 0) is 32.4 Å². The van der Waals surface area contributed by atoms with Crippen molar-refractivity contribution in [2.75, 3.05) is 12.3 Å². The van der Waals surface area contributed by atoms with Crippen LogP contribution in [0.1, 0.15) is 20.3 Å². The van der Waals surface area contributed by atoms with E-state index in [0.29, 0.717) is 18.7 Å². The highest BCUT2D eigenvalue weighted by molar-refractivity contribution is 8.00. The fourth-order valence-electron chi connectivity index (χ4n) is 1.34. The number of thioether (sulfide) groups is 1. The maximum Gasteiger partial charge on any atom is 0.309 e. The highest BCUT2D eigenvalue weighted by atomic mass is 32.2. The molecule has 0 bridgehead atoms. The molecule has 1 aromatic rings. The molecule has 0 spiro atoms. The second-order valence-corrected chi connectivity index (χ2v) is 5.94. The van der Waals surface area contributed by atoms with Gasteiger partial charge < -0.3 is 10.4 Å². The van der Waals surface area contributed by atoms with Crippen molar-refractivity contribution in [3.05, 3.63) is 30.3 Å². The van der Waals surface area contributed by atoms with Crippen LogP contribution in [-0.2, 0) is 9.59 Å². The Bertz CT molecular complexity index is 432. The Morgan fingerprint density at radius 2 is 1.89 bits per heavy atom. The summed E-state index contributed by atoms with van der Waals surface area (Å²) in [7, 11) is 0. The predicted octanol–water partition coefficient (Wildman–Crippen LogP) is 2.40. The van der Waals surface area contributed by atoms with Gasteiger partial charge in [0, 0.05) is 11.4 Å². The average molecular weight is 281 g/mol. The smallest absolute Gasteiger partial charge is 0.309 e. The lowest BCUT2D eigenvalue weighted by Crippen LogP contribution is -2.32. The number of amides is 1. The van der Waals surface area contributed by atoms with Gasteiger partial charge in [-0.15, -0.1) is 11.8 Å². The van der Waals surface area contributed by atoms with Gasteiger partial charge in [-0.3, -0.25) is 9.59 Å². The molecule has 0 saturated carbocycles. The van der Waals surface area contributed by atoms with E-state index >= 15 is 0 Å². The molecule has 19 heavy (non-hydrogen) atoms. The fourth-order valence-corrected chi connectivity index (χ4v) is 2.09. The lowest BCUT2D eigenvalue weighted by molar-refractivity contribution is -0.147. The van der Waals surface area contributed by atoms with E-state index in [1.807, 2.05) is 30.3 Å². The number of aliphatic carboxylic acids is 1. The molecule has 0 aliphatic heterocycles. The van der Waals surface area contributed by atoms with Crippen molar-refractivity contribution >= 4 is 23.6 Å². The zero-order chi connectivity index (χ0) is 14.3. The van der Waals surface area contributed by atoms with Gasteiger partial charge in [0.1, 0.15) is 0 Å². The summed E-state index contributed by atoms with van der Waals surface area (Å²) in [6.45, 7) is 3.69. The number of hydrogen-bond donors (Lipinski definition) is 2. The van der Waals surface area contributed by atoms with Gasteiger partial charge in [-0.1, -0.05) is 18.2 Å². The summed E-state index contributed by atoms with van der Waals surface area (Å²) in [6.07, 6.45) is 0.421. The molecular formula is C14H19NO3S. The Balaban J connectivity index is 2.24. The summed E-state index contributed by atoms with van der Waals surface area (Å²) in [4.78, 5) is 23.5. The summed E-state index contributed by atoms with van der Waals surface area (Å²) in [6, 6.07) is 9.68. The number of carbonyl (C=O) groups excluding carboxylic acids is 1. The number of carboxylic acids is 1. The third-order valence-electron chi connectivity index (χ3n) is 2.76. The van der Waals surface area contributed by atoms with Crippen molar-refractivity contribution in [1.29, 1.82) is 0 Å². The third kappa shape index (κ3) is 5.79. The van der Waals surface area contributed by atoms with Gasteiger partial charge in [0.2, 0.25) is 5.91 Å². The minimum Gasteiger partial charge on any atom is -0.481 e. The minimum atomic E-state index is -0.847. The monoisotopic (exact) mass is 281 g/mol. The van der Waals surface area contributed by atoms with Crippen molar-refractivity contribution in [3.63, 3.8) is 0 Å². The SMILES string of the molecule is CC(C)(CCNC(=O)CSc1ccccc1)C(=O)O. The van der Waals surface area contributed by atoms with E-state index in [4.69, 9.17) is 5.11 Å². The van der Waals surface area contributed by atoms with Gasteiger partial charge in [-0.2, -0.15) is 0 Å². The number of nitrogens with one attached hydrogen (secondary N) is 1. The lowest BCUT2D eigenvalue weighted by Gasteiger charge is -2.18. The molecule has 0 aromatic heterocycles. The van der Waals surface area contributed by atoms with Gasteiger partial charge in [-0.25, -0.2) is 0 Å². The summed E-state index contributed by atoms with van der Waals surface area (Å²) in [5.41, 5.74) is -0.806. The zero-order valence-electron chi connectivity index (χ0n) is 11.2. The number of rotatable bonds is 7. The fraction of sp³-hybridized carbons (Fsp3) is 0.429. The van der Waals surface area contributed by atoms with E-state index in [2.05, 4.69) is 5.32 Å². The van der Waals surface area contributed by atoms with Gasteiger partial charge in [0.05, 0.1) is 11.2 Å². The van der Waals surface area contributed by atoms with E-state index < -0.39 is 11.4 Å². The van der Waals surface area contributed by atoms with Crippen LogP contribution in [0, 0.1) is 5.41 Å². The second kappa shape index (κ2) is 7.19. The van der Waals surface area contributed by atoms with Crippen LogP contribution in [0.5, 0.6) is 0 Å². The van der Waals surface area contributed by atoms with Gasteiger partial charge >= 0.3 is 5.97 Å². The van der Waals surface area contributed by atoms with Crippen molar-refractivity contribution in [2.45, 2.75) is 25.2 Å². The molecule has 0 fully saturated rings. The van der Waals surface area contributed by atoms with E-state index in [9.17, 15) is 9.59 Å². The lowest BCUT2D eigenvalue weighted by atomic mass is 9.90. The van der Waals surface area contributed by atoms with Crippen molar-refractivity contribution in [3.8, 4) is 0 Å². The first kappa shape index (κ1) is 15.6. The van der Waals surface area contributed by atoms with E-state index in [1.165, 1.54) is 11.8 Å². The standard InChI is InChI=1S/C14H19NO3S/c1-14(2,13(17)18)8-9-15-12(16)10-19-11-6-4-3-5-7-11/h3-7H,8-10H2,1-2H3,(H,15,16)(H,17,18). The molecule has 4 nitrogen and oxygen atoms in total. The maximum absolute atomic E-state index is 11.6. The summed E-state index contributed by atoms with van der Waals surface area (Å²) in [5, 5.41) is 11.7. The first-order chi connectivity index (χ1) is 8.92. The molecular weight excluding hydrogens is 262 g/mol. The van der Waals surface area contributed by atoms with Crippen LogP contribution in [0.3, 0.4) is 0 Å². The van der Waals surface area contributed by atoms with Crippen LogP contribution < -0.4 is 5.32 Å². The molecule has 0 unspecified atom stereocenters. The number of carbonyl (C=O) groups is 2. The van der Waals surface area contributed by atoms with Crippen LogP contribution in [-0.4, -0.2) is 29.3 Å². The molecule has 0 atom stereocenters. The maximum atomic E-state index is 11.6. The molecule has 0 radical (unpaired) electrons. The van der Waals surface area contributed by atoms with Crippen molar-refractivity contribution in [2.24, 2.45) is 5.41 Å². The number of hydrogen-bond acceptors (Lipinski definition) is 3. The van der Waals surface area contributed by atoms with Crippen molar-refractivity contribution < 1.29 is 14.7 Å². The molecule has 1 aromatic carbocycles. The Labute approximate surface area is 117 Å². The average Bonchev–Trinajstić information content (AvgIpc) is 2.37. The quantitative estimate of drug-likeness (QED) is 0.753. The van der Waals surface area contributed by atoms with Crippen LogP contribution in [0.15, 0.2) is 35.2 Å². The number of carboxylic acid groups (broad SMARTS) is 1. The molecule has 0 aliphatic carbocycles. The molecule has 104 valence electrons. The van der Waals surface area contributed by atoms with E-state index in [1.54, 1.807) is 13.8 Å². The van der Waals surface area contributed by atoms with E-state index in [0.717, 1.165) is 4.90 Å². The Morgan fingerprint density at radius 3 is 2.47 bits per heavy atom. The van der Waals surface area contributed by atoms with Crippen LogP contribution in [0.25, 0.3) is 0 Å². The van der Waals surface area contributed by atoms with Crippen LogP contribution in [0.2, 0.25) is 0 Å². The molecule has 0 saturated heterocycles. The summed E-state index contributed by atoms with van der Waals surface area (Å²) in [5.74, 6) is -0.576. The highest BCUT2D eigenvalue weighted by Gasteiger charge is 2.26. The van der Waals surface area contributed by atoms with Gasteiger partial charge in [0.25, 0.3) is 0 Å².